The van der Waals surface area contributed by atoms with Crippen LogP contribution in [0.4, 0.5) is 30.4 Å². The summed E-state index contributed by atoms with van der Waals surface area (Å²) >= 11 is 0. The Kier molecular flexibility index (Phi) is 4.83. The van der Waals surface area contributed by atoms with E-state index in [0.29, 0.717) is 17.3 Å². The van der Waals surface area contributed by atoms with Crippen LogP contribution in [0.1, 0.15) is 16.3 Å². The number of hydrogen-bond acceptors (Lipinski definition) is 4. The second-order valence-electron chi connectivity index (χ2n) is 5.40. The van der Waals surface area contributed by atoms with Crippen molar-refractivity contribution in [1.82, 2.24) is 9.97 Å². The maximum absolute atomic E-state index is 13.2. The lowest BCUT2D eigenvalue weighted by Crippen LogP contribution is -2.15. The third kappa shape index (κ3) is 4.15. The van der Waals surface area contributed by atoms with E-state index in [1.54, 1.807) is 6.92 Å². The van der Waals surface area contributed by atoms with E-state index in [0.717, 1.165) is 12.1 Å². The summed E-state index contributed by atoms with van der Waals surface area (Å²) < 4.78 is 39.2. The van der Waals surface area contributed by atoms with Crippen LogP contribution in [0.25, 0.3) is 0 Å². The van der Waals surface area contributed by atoms with Crippen LogP contribution < -0.4 is 10.6 Å². The maximum Gasteiger partial charge on any atom is 0.274 e. The Morgan fingerprint density at radius 3 is 2.27 bits per heavy atom. The van der Waals surface area contributed by atoms with Crippen LogP contribution in [-0.2, 0) is 0 Å². The molecule has 0 unspecified atom stereocenters. The molecular weight excluding hydrogens is 345 g/mol. The average molecular weight is 358 g/mol. The summed E-state index contributed by atoms with van der Waals surface area (Å²) in [5.41, 5.74) is 0.710. The molecule has 0 aliphatic rings. The molecule has 0 fully saturated rings. The first kappa shape index (κ1) is 17.4. The largest absolute Gasteiger partial charge is 0.340 e. The minimum Gasteiger partial charge on any atom is -0.340 e. The van der Waals surface area contributed by atoms with Gasteiger partial charge in [0.1, 0.15) is 23.2 Å². The van der Waals surface area contributed by atoms with Crippen molar-refractivity contribution in [3.8, 4) is 0 Å². The zero-order valence-electron chi connectivity index (χ0n) is 13.6. The van der Waals surface area contributed by atoms with Crippen molar-refractivity contribution in [2.45, 2.75) is 6.92 Å². The number of carbonyl (C=O) groups excluding carboxylic acids is 1. The first-order valence-corrected chi connectivity index (χ1v) is 7.55. The highest BCUT2D eigenvalue weighted by Crippen LogP contribution is 2.18. The molecular formula is C18H13F3N4O. The number of benzene rings is 2. The summed E-state index contributed by atoms with van der Waals surface area (Å²) in [6, 6.07) is 10.0. The lowest BCUT2D eigenvalue weighted by atomic mass is 10.2. The fraction of sp³-hybridized carbons (Fsp3) is 0.0556. The van der Waals surface area contributed by atoms with Crippen molar-refractivity contribution >= 4 is 23.1 Å². The molecule has 0 aliphatic heterocycles. The lowest BCUT2D eigenvalue weighted by Gasteiger charge is -2.09. The van der Waals surface area contributed by atoms with Crippen molar-refractivity contribution in [2.75, 3.05) is 10.6 Å². The molecule has 5 nitrogen and oxygen atoms in total. The zero-order chi connectivity index (χ0) is 18.7. The van der Waals surface area contributed by atoms with E-state index in [-0.39, 0.29) is 17.2 Å². The number of aryl methyl sites for hydroxylation is 1. The van der Waals surface area contributed by atoms with Crippen molar-refractivity contribution in [1.29, 1.82) is 0 Å². The molecule has 0 saturated heterocycles. The molecule has 0 spiro atoms. The van der Waals surface area contributed by atoms with E-state index in [2.05, 4.69) is 20.6 Å². The summed E-state index contributed by atoms with van der Waals surface area (Å²) in [6.45, 7) is 1.60. The molecule has 0 aliphatic carbocycles. The molecule has 132 valence electrons. The first-order valence-electron chi connectivity index (χ1n) is 7.55. The molecule has 26 heavy (non-hydrogen) atoms. The monoisotopic (exact) mass is 358 g/mol. The van der Waals surface area contributed by atoms with Gasteiger partial charge in [-0.15, -0.1) is 0 Å². The van der Waals surface area contributed by atoms with Crippen LogP contribution in [0.3, 0.4) is 0 Å². The van der Waals surface area contributed by atoms with Gasteiger partial charge in [-0.3, -0.25) is 4.79 Å². The molecule has 2 aromatic carbocycles. The Morgan fingerprint density at radius 2 is 1.58 bits per heavy atom. The molecule has 0 bridgehead atoms. The van der Waals surface area contributed by atoms with E-state index in [1.165, 1.54) is 36.4 Å². The van der Waals surface area contributed by atoms with Crippen LogP contribution in [-0.4, -0.2) is 15.9 Å². The molecule has 0 saturated carbocycles. The van der Waals surface area contributed by atoms with Crippen LogP contribution in [0.15, 0.2) is 48.5 Å². The van der Waals surface area contributed by atoms with Gasteiger partial charge in [0.25, 0.3) is 5.91 Å². The molecule has 0 radical (unpaired) electrons. The summed E-state index contributed by atoms with van der Waals surface area (Å²) in [6.07, 6.45) is 0. The highest BCUT2D eigenvalue weighted by molar-refractivity contribution is 6.03. The Bertz CT molecular complexity index is 961. The van der Waals surface area contributed by atoms with Crippen molar-refractivity contribution in [3.05, 3.63) is 77.5 Å². The SMILES string of the molecule is Cc1nc(Nc2ccc(F)cc2)cc(C(=O)Nc2ccc(F)c(F)c2)n1. The van der Waals surface area contributed by atoms with Crippen LogP contribution in [0, 0.1) is 24.4 Å². The van der Waals surface area contributed by atoms with Gasteiger partial charge >= 0.3 is 0 Å². The summed E-state index contributed by atoms with van der Waals surface area (Å²) in [7, 11) is 0. The van der Waals surface area contributed by atoms with Gasteiger partial charge in [-0.1, -0.05) is 0 Å². The standard InChI is InChI=1S/C18H13F3N4O/c1-10-22-16(18(26)25-13-6-7-14(20)15(21)8-13)9-17(23-10)24-12-4-2-11(19)3-5-12/h2-9H,1H3,(H,25,26)(H,22,23,24). The van der Waals surface area contributed by atoms with Crippen molar-refractivity contribution < 1.29 is 18.0 Å². The average Bonchev–Trinajstić information content (AvgIpc) is 2.60. The Balaban J connectivity index is 1.80. The predicted octanol–water partition coefficient (Wildman–Crippen LogP) is 4.20. The van der Waals surface area contributed by atoms with Crippen LogP contribution >= 0.6 is 0 Å². The molecule has 1 aromatic heterocycles. The number of rotatable bonds is 4. The highest BCUT2D eigenvalue weighted by Gasteiger charge is 2.12. The van der Waals surface area contributed by atoms with Gasteiger partial charge in [0.2, 0.25) is 0 Å². The topological polar surface area (TPSA) is 66.9 Å². The molecule has 8 heteroatoms. The van der Waals surface area contributed by atoms with Crippen LogP contribution in [0.5, 0.6) is 0 Å². The molecule has 1 heterocycles. The number of carbonyl (C=O) groups is 1. The van der Waals surface area contributed by atoms with Gasteiger partial charge < -0.3 is 10.6 Å². The zero-order valence-corrected chi connectivity index (χ0v) is 13.6. The number of anilines is 3. The van der Waals surface area contributed by atoms with E-state index in [1.807, 2.05) is 0 Å². The smallest absolute Gasteiger partial charge is 0.274 e. The molecule has 2 N–H and O–H groups in total. The molecule has 0 atom stereocenters. The fourth-order valence-electron chi connectivity index (χ4n) is 2.20. The van der Waals surface area contributed by atoms with E-state index >= 15 is 0 Å². The second-order valence-corrected chi connectivity index (χ2v) is 5.40. The number of nitrogens with zero attached hydrogens (tertiary/aromatic N) is 2. The first-order chi connectivity index (χ1) is 12.4. The van der Waals surface area contributed by atoms with Gasteiger partial charge in [0, 0.05) is 23.5 Å². The summed E-state index contributed by atoms with van der Waals surface area (Å²) in [4.78, 5) is 20.5. The Hall–Kier alpha value is -3.42. The predicted molar refractivity (Wildman–Crippen MR) is 90.8 cm³/mol. The summed E-state index contributed by atoms with van der Waals surface area (Å²) in [5, 5.41) is 5.38. The number of aromatic nitrogens is 2. The van der Waals surface area contributed by atoms with Gasteiger partial charge in [-0.25, -0.2) is 23.1 Å². The Labute approximate surface area is 146 Å². The van der Waals surface area contributed by atoms with E-state index < -0.39 is 17.5 Å². The maximum atomic E-state index is 13.2. The van der Waals surface area contributed by atoms with Crippen LogP contribution in [0.2, 0.25) is 0 Å². The van der Waals surface area contributed by atoms with Crippen molar-refractivity contribution in [2.24, 2.45) is 0 Å². The molecule has 3 aromatic rings. The number of halogens is 3. The minimum absolute atomic E-state index is 0.0341. The van der Waals surface area contributed by atoms with E-state index in [4.69, 9.17) is 0 Å². The third-order valence-corrected chi connectivity index (χ3v) is 3.36. The number of hydrogen-bond donors (Lipinski definition) is 2. The summed E-state index contributed by atoms with van der Waals surface area (Å²) in [5.74, 6) is -2.40. The van der Waals surface area contributed by atoms with Gasteiger partial charge in [0.15, 0.2) is 11.6 Å². The highest BCUT2D eigenvalue weighted by atomic mass is 19.2. The fourth-order valence-corrected chi connectivity index (χ4v) is 2.20. The normalized spacial score (nSPS) is 10.5. The number of amides is 1. The van der Waals surface area contributed by atoms with Crippen molar-refractivity contribution in [3.63, 3.8) is 0 Å². The molecule has 1 amide bonds. The van der Waals surface area contributed by atoms with Gasteiger partial charge in [0.05, 0.1) is 0 Å². The molecule has 3 rings (SSSR count). The quantitative estimate of drug-likeness (QED) is 0.734. The Morgan fingerprint density at radius 1 is 0.885 bits per heavy atom. The third-order valence-electron chi connectivity index (χ3n) is 3.36. The lowest BCUT2D eigenvalue weighted by molar-refractivity contribution is 0.102. The van der Waals surface area contributed by atoms with Gasteiger partial charge in [-0.05, 0) is 43.3 Å². The van der Waals surface area contributed by atoms with Gasteiger partial charge in [-0.2, -0.15) is 0 Å². The minimum atomic E-state index is -1.07. The number of nitrogens with one attached hydrogen (secondary N) is 2. The second kappa shape index (κ2) is 7.22. The van der Waals surface area contributed by atoms with E-state index in [9.17, 15) is 18.0 Å².